The van der Waals surface area contributed by atoms with Gasteiger partial charge in [-0.1, -0.05) is 54.6 Å². The van der Waals surface area contributed by atoms with Crippen LogP contribution in [-0.4, -0.2) is 83.7 Å². The van der Waals surface area contributed by atoms with E-state index in [0.717, 1.165) is 11.1 Å². The zero-order valence-electron chi connectivity index (χ0n) is 33.2. The number of hydrogen-bond acceptors (Lipinski definition) is 8. The normalized spacial score (nSPS) is 18.1. The van der Waals surface area contributed by atoms with Crippen LogP contribution in [0.2, 0.25) is 0 Å². The number of carbonyl (C=O) groups is 5. The molecule has 1 fully saturated rings. The van der Waals surface area contributed by atoms with E-state index < -0.39 is 35.3 Å². The number of nitrogens with one attached hydrogen (secondary N) is 3. The average molecular weight is 824 g/mol. The molecule has 1 aliphatic heterocycles. The minimum Gasteiger partial charge on any atom is -0.461 e. The van der Waals surface area contributed by atoms with E-state index in [-0.39, 0.29) is 68.7 Å². The summed E-state index contributed by atoms with van der Waals surface area (Å²) < 4.78 is 11.9. The van der Waals surface area contributed by atoms with E-state index in [0.29, 0.717) is 70.1 Å². The van der Waals surface area contributed by atoms with E-state index in [1.54, 1.807) is 40.1 Å². The van der Waals surface area contributed by atoms with Crippen LogP contribution in [0.1, 0.15) is 98.7 Å². The number of fused-ring (bicyclic) bond motifs is 1. The number of aromatic nitrogens is 1. The van der Waals surface area contributed by atoms with Gasteiger partial charge in [0.1, 0.15) is 11.6 Å². The Labute approximate surface area is 348 Å². The Hall–Kier alpha value is -4.76. The number of piperidine rings is 1. The molecule has 1 saturated heterocycles. The first kappa shape index (κ1) is 46.6. The van der Waals surface area contributed by atoms with Gasteiger partial charge in [-0.05, 0) is 94.5 Å². The molecule has 3 N–H and O–H groups in total. The molecule has 57 heavy (non-hydrogen) atoms. The lowest BCUT2D eigenvalue weighted by Crippen LogP contribution is -2.54. The highest BCUT2D eigenvalue weighted by atomic mass is 32.1. The predicted octanol–water partition coefficient (Wildman–Crippen LogP) is 4.55. The van der Waals surface area contributed by atoms with Gasteiger partial charge in [0.2, 0.25) is 11.8 Å². The lowest BCUT2D eigenvalue weighted by molar-refractivity contribution is -0.152. The fourth-order valence-corrected chi connectivity index (χ4v) is 7.68. The number of aryl methyl sites for hydroxylation is 1. The molecular formula is C42H57N5O8S2. The number of hydrogen-bond donors (Lipinski definition) is 3. The maximum Gasteiger partial charge on any atom is 0.407 e. The smallest absolute Gasteiger partial charge is 0.407 e. The largest absolute Gasteiger partial charge is 0.461 e. The van der Waals surface area contributed by atoms with Crippen LogP contribution in [0.15, 0.2) is 77.7 Å². The minimum atomic E-state index is -1.19. The molecule has 0 unspecified atom stereocenters. The highest BCUT2D eigenvalue weighted by Gasteiger charge is 2.49. The van der Waals surface area contributed by atoms with Crippen molar-refractivity contribution in [3.05, 3.63) is 106 Å². The third-order valence-corrected chi connectivity index (χ3v) is 10.5. The van der Waals surface area contributed by atoms with Gasteiger partial charge in [0.25, 0.3) is 11.5 Å². The molecule has 0 radical (unpaired) electrons. The number of alkyl carbamates (subject to hydrolysis) is 1. The maximum atomic E-state index is 14.8. The van der Waals surface area contributed by atoms with Gasteiger partial charge in [0.05, 0.1) is 24.0 Å². The topological polar surface area (TPSA) is 165 Å². The van der Waals surface area contributed by atoms with Crippen molar-refractivity contribution in [2.24, 2.45) is 7.05 Å². The predicted molar refractivity (Wildman–Crippen MR) is 227 cm³/mol. The second-order valence-electron chi connectivity index (χ2n) is 14.5. The molecule has 13 nitrogen and oxygen atoms in total. The standard InChI is InChI=1S/C42H53N5O8.2H2S/c1-5-54-41(53)43-24-12-11-19-35(39(51)55-28(2)3)45-40(52)42(29-14-7-6-8-15-29)23-20-32(31-16-9-10-18-34(31)42)38(50)47-26-21-30(22-27-47)44-36(48)33-17-13-25-46(4)37(33)49;;/h6-10,13-18,25,28,30,32,35H,5,11-12,19-24,26-27H2,1-4H3,(H,43,53)(H,44,48)(H,45,52);2*1H2/t32-,35-,42+;;/m0../s1. The summed E-state index contributed by atoms with van der Waals surface area (Å²) in [5.74, 6) is -1.84. The van der Waals surface area contributed by atoms with Crippen LogP contribution in [0.4, 0.5) is 4.79 Å². The van der Waals surface area contributed by atoms with Crippen LogP contribution in [0.3, 0.4) is 0 Å². The molecule has 15 heteroatoms. The van der Waals surface area contributed by atoms with Crippen molar-refractivity contribution in [3.8, 4) is 0 Å². The van der Waals surface area contributed by atoms with E-state index in [1.807, 2.05) is 59.5 Å². The molecule has 4 amide bonds. The van der Waals surface area contributed by atoms with Gasteiger partial charge in [-0.3, -0.25) is 19.2 Å². The molecule has 0 spiro atoms. The lowest BCUT2D eigenvalue weighted by Gasteiger charge is -2.43. The number of unbranched alkanes of at least 4 members (excludes halogenated alkanes) is 1. The molecule has 3 aromatic rings. The third-order valence-electron chi connectivity index (χ3n) is 10.5. The highest BCUT2D eigenvalue weighted by Crippen LogP contribution is 2.48. The Balaban J connectivity index is 0.00000435. The second kappa shape index (κ2) is 21.7. The number of likely N-dealkylation sites (tertiary alicyclic amines) is 1. The lowest BCUT2D eigenvalue weighted by atomic mass is 9.62. The van der Waals surface area contributed by atoms with Gasteiger partial charge in [0, 0.05) is 38.9 Å². The van der Waals surface area contributed by atoms with Crippen LogP contribution in [0, 0.1) is 0 Å². The fourth-order valence-electron chi connectivity index (χ4n) is 7.68. The van der Waals surface area contributed by atoms with Crippen molar-refractivity contribution >= 4 is 56.8 Å². The Morgan fingerprint density at radius 3 is 2.26 bits per heavy atom. The summed E-state index contributed by atoms with van der Waals surface area (Å²) in [6.45, 7) is 6.74. The van der Waals surface area contributed by atoms with Crippen LogP contribution in [0.25, 0.3) is 0 Å². The van der Waals surface area contributed by atoms with Crippen molar-refractivity contribution < 1.29 is 33.4 Å². The monoisotopic (exact) mass is 823 g/mol. The van der Waals surface area contributed by atoms with Crippen LogP contribution in [-0.2, 0) is 36.3 Å². The number of esters is 1. The summed E-state index contributed by atoms with van der Waals surface area (Å²) in [6, 6.07) is 19.1. The first-order chi connectivity index (χ1) is 26.5. The molecule has 1 aliphatic carbocycles. The molecule has 3 atom stereocenters. The Morgan fingerprint density at radius 1 is 0.895 bits per heavy atom. The second-order valence-corrected chi connectivity index (χ2v) is 14.5. The van der Waals surface area contributed by atoms with Crippen molar-refractivity contribution in [2.45, 2.75) is 95.2 Å². The molecule has 0 bridgehead atoms. The summed E-state index contributed by atoms with van der Waals surface area (Å²) in [6.07, 6.45) is 3.91. The van der Waals surface area contributed by atoms with E-state index >= 15 is 0 Å². The van der Waals surface area contributed by atoms with Gasteiger partial charge in [0.15, 0.2) is 0 Å². The Kier molecular flexibility index (Phi) is 17.7. The van der Waals surface area contributed by atoms with Crippen LogP contribution in [0.5, 0.6) is 0 Å². The number of rotatable bonds is 14. The average Bonchev–Trinajstić information content (AvgIpc) is 3.18. The quantitative estimate of drug-likeness (QED) is 0.158. The van der Waals surface area contributed by atoms with Gasteiger partial charge in [-0.15, -0.1) is 0 Å². The first-order valence-corrected chi connectivity index (χ1v) is 19.3. The molecule has 0 saturated carbocycles. The summed E-state index contributed by atoms with van der Waals surface area (Å²) in [4.78, 5) is 81.4. The zero-order chi connectivity index (χ0) is 39.5. The molecule has 1 aromatic heterocycles. The van der Waals surface area contributed by atoms with Crippen LogP contribution >= 0.6 is 27.0 Å². The first-order valence-electron chi connectivity index (χ1n) is 19.3. The number of ether oxygens (including phenoxy) is 2. The molecule has 310 valence electrons. The van der Waals surface area contributed by atoms with E-state index in [4.69, 9.17) is 9.47 Å². The van der Waals surface area contributed by atoms with E-state index in [1.165, 1.54) is 10.6 Å². The summed E-state index contributed by atoms with van der Waals surface area (Å²) in [5.41, 5.74) is 0.756. The molecule has 2 aliphatic rings. The summed E-state index contributed by atoms with van der Waals surface area (Å²) in [7, 11) is 1.60. The summed E-state index contributed by atoms with van der Waals surface area (Å²) >= 11 is 0. The van der Waals surface area contributed by atoms with E-state index in [2.05, 4.69) is 16.0 Å². The Morgan fingerprint density at radius 2 is 1.58 bits per heavy atom. The molecule has 2 aromatic carbocycles. The van der Waals surface area contributed by atoms with Gasteiger partial charge >= 0.3 is 12.1 Å². The molecule has 2 heterocycles. The number of nitrogens with zero attached hydrogens (tertiary/aromatic N) is 2. The third kappa shape index (κ3) is 11.2. The van der Waals surface area contributed by atoms with Gasteiger partial charge in [-0.25, -0.2) is 9.59 Å². The summed E-state index contributed by atoms with van der Waals surface area (Å²) in [5, 5.41) is 8.72. The van der Waals surface area contributed by atoms with E-state index in [9.17, 15) is 28.8 Å². The number of benzene rings is 2. The van der Waals surface area contributed by atoms with Crippen molar-refractivity contribution in [3.63, 3.8) is 0 Å². The fraction of sp³-hybridized carbons (Fsp3) is 0.476. The number of pyridine rings is 1. The molecule has 5 rings (SSSR count). The number of amides is 4. The van der Waals surface area contributed by atoms with Crippen molar-refractivity contribution in [2.75, 3.05) is 26.2 Å². The maximum absolute atomic E-state index is 14.8. The van der Waals surface area contributed by atoms with Gasteiger partial charge in [-0.2, -0.15) is 27.0 Å². The van der Waals surface area contributed by atoms with Crippen LogP contribution < -0.4 is 21.5 Å². The van der Waals surface area contributed by atoms with Crippen molar-refractivity contribution in [1.82, 2.24) is 25.4 Å². The van der Waals surface area contributed by atoms with Gasteiger partial charge < -0.3 is 34.9 Å². The highest BCUT2D eigenvalue weighted by molar-refractivity contribution is 7.59. The minimum absolute atomic E-state index is 0. The Bertz CT molecular complexity index is 1900. The molecular weight excluding hydrogens is 767 g/mol. The number of carbonyl (C=O) groups excluding carboxylic acids is 5. The van der Waals surface area contributed by atoms with Crippen molar-refractivity contribution in [1.29, 1.82) is 0 Å². The SMILES string of the molecule is CCOC(=O)NCCCC[C@H](NC(=O)[C@@]1(c2ccccc2)CC[C@H](C(=O)N2CCC(NC(=O)c3cccn(C)c3=O)CC2)c2ccccc21)C(=O)OC(C)C.S.S. The zero-order valence-corrected chi connectivity index (χ0v) is 35.2.